The van der Waals surface area contributed by atoms with E-state index in [4.69, 9.17) is 18.4 Å². The number of anilines is 1. The van der Waals surface area contributed by atoms with Gasteiger partial charge in [0.2, 0.25) is 0 Å². The van der Waals surface area contributed by atoms with Crippen LogP contribution < -0.4 is 5.32 Å². The van der Waals surface area contributed by atoms with Crippen molar-refractivity contribution in [2.45, 2.75) is 37.6 Å². The molecule has 0 unspecified atom stereocenters. The Morgan fingerprint density at radius 2 is 1.48 bits per heavy atom. The topological polar surface area (TPSA) is 172 Å². The van der Waals surface area contributed by atoms with Crippen molar-refractivity contribution >= 4 is 39.0 Å². The Morgan fingerprint density at radius 3 is 2.08 bits per heavy atom. The Bertz CT molecular complexity index is 1600. The highest BCUT2D eigenvalue weighted by atomic mass is 32.2. The van der Waals surface area contributed by atoms with Gasteiger partial charge in [0, 0.05) is 0 Å². The van der Waals surface area contributed by atoms with E-state index in [0.717, 1.165) is 6.26 Å². The van der Waals surface area contributed by atoms with Crippen LogP contribution in [0.2, 0.25) is 0 Å². The number of hydrogen-bond acceptors (Lipinski definition) is 12. The molecule has 3 heterocycles. The number of carbonyl (C=O) groups excluding carboxylic acids is 2. The van der Waals surface area contributed by atoms with E-state index in [2.05, 4.69) is 25.3 Å². The fourth-order valence-corrected chi connectivity index (χ4v) is 4.93. The first-order valence-electron chi connectivity index (χ1n) is 12.2. The maximum atomic E-state index is 13.2. The minimum absolute atomic E-state index is 0.200. The lowest BCUT2D eigenvalue weighted by atomic mass is 9.98. The van der Waals surface area contributed by atoms with Crippen molar-refractivity contribution < 1.29 is 36.4 Å². The van der Waals surface area contributed by atoms with Gasteiger partial charge in [0.25, 0.3) is 10.1 Å². The van der Waals surface area contributed by atoms with Gasteiger partial charge in [0.15, 0.2) is 29.9 Å². The quantitative estimate of drug-likeness (QED) is 0.235. The van der Waals surface area contributed by atoms with Crippen molar-refractivity contribution in [2.24, 2.45) is 0 Å². The molecule has 13 nitrogen and oxygen atoms in total. The molecule has 208 valence electrons. The first-order chi connectivity index (χ1) is 19.2. The van der Waals surface area contributed by atoms with Crippen LogP contribution in [0, 0.1) is 0 Å². The number of nitrogens with zero attached hydrogens (tertiary/aromatic N) is 3. The molecule has 1 saturated heterocycles. The van der Waals surface area contributed by atoms with Crippen molar-refractivity contribution in [3.8, 4) is 0 Å². The SMILES string of the molecule is C[C@H]1O[C@@H](Nc2ncnc3[nH]cnc23)[C@H](OC(=O)c2ccccc2)[C@@H](OC(=O)c2ccccc2)[C@H]1OS(C)(=O)=O. The molecule has 0 radical (unpaired) electrons. The molecule has 0 saturated carbocycles. The summed E-state index contributed by atoms with van der Waals surface area (Å²) in [5, 5.41) is 3.04. The Hall–Kier alpha value is -4.40. The van der Waals surface area contributed by atoms with Crippen LogP contribution in [0.4, 0.5) is 5.82 Å². The van der Waals surface area contributed by atoms with Gasteiger partial charge < -0.3 is 24.5 Å². The number of aromatic amines is 1. The molecule has 0 bridgehead atoms. The number of imidazole rings is 1. The van der Waals surface area contributed by atoms with Gasteiger partial charge in [0.05, 0.1) is 29.8 Å². The van der Waals surface area contributed by atoms with E-state index in [1.54, 1.807) is 55.5 Å². The van der Waals surface area contributed by atoms with Gasteiger partial charge in [-0.3, -0.25) is 4.18 Å². The van der Waals surface area contributed by atoms with Crippen LogP contribution in [0.5, 0.6) is 0 Å². The molecule has 5 rings (SSSR count). The predicted octanol–water partition coefficient (Wildman–Crippen LogP) is 2.31. The normalized spacial score (nSPS) is 22.9. The van der Waals surface area contributed by atoms with E-state index >= 15 is 0 Å². The Balaban J connectivity index is 1.55. The molecule has 0 amide bonds. The van der Waals surface area contributed by atoms with Crippen molar-refractivity contribution in [1.29, 1.82) is 0 Å². The van der Waals surface area contributed by atoms with Crippen LogP contribution in [0.25, 0.3) is 11.2 Å². The van der Waals surface area contributed by atoms with Crippen molar-refractivity contribution in [1.82, 2.24) is 19.9 Å². The van der Waals surface area contributed by atoms with Crippen LogP contribution in [0.1, 0.15) is 27.6 Å². The highest BCUT2D eigenvalue weighted by molar-refractivity contribution is 7.86. The minimum Gasteiger partial charge on any atom is -0.452 e. The van der Waals surface area contributed by atoms with Crippen LogP contribution in [0.15, 0.2) is 73.3 Å². The second kappa shape index (κ2) is 11.4. The van der Waals surface area contributed by atoms with Crippen molar-refractivity contribution in [3.05, 3.63) is 84.4 Å². The van der Waals surface area contributed by atoms with Gasteiger partial charge >= 0.3 is 11.9 Å². The van der Waals surface area contributed by atoms with Crippen LogP contribution >= 0.6 is 0 Å². The van der Waals surface area contributed by atoms with E-state index in [-0.39, 0.29) is 16.9 Å². The molecule has 1 aliphatic rings. The number of nitrogens with one attached hydrogen (secondary N) is 2. The third-order valence-electron chi connectivity index (χ3n) is 6.06. The fraction of sp³-hybridized carbons (Fsp3) is 0.269. The van der Waals surface area contributed by atoms with Crippen LogP contribution in [-0.2, 0) is 28.5 Å². The number of hydrogen-bond donors (Lipinski definition) is 2. The number of H-pyrrole nitrogens is 1. The average Bonchev–Trinajstić information content (AvgIpc) is 3.43. The van der Waals surface area contributed by atoms with E-state index in [0.29, 0.717) is 11.2 Å². The molecule has 5 atom stereocenters. The summed E-state index contributed by atoms with van der Waals surface area (Å²) in [6.07, 6.45) is -2.72. The number of ether oxygens (including phenoxy) is 3. The number of rotatable bonds is 8. The minimum atomic E-state index is -4.06. The summed E-state index contributed by atoms with van der Waals surface area (Å²) in [4.78, 5) is 41.8. The zero-order valence-corrected chi connectivity index (χ0v) is 22.1. The lowest BCUT2D eigenvalue weighted by Gasteiger charge is -2.44. The van der Waals surface area contributed by atoms with E-state index in [9.17, 15) is 18.0 Å². The standard InChI is InChI=1S/C26H25N5O8S/c1-15-19(39-40(2,34)35)20(37-25(32)16-9-5-3-6-10-16)21(38-26(33)17-11-7-4-8-12-17)24(36-15)31-23-18-22(28-13-27-18)29-14-30-23/h3-15,19-21,24H,1-2H3,(H2,27,28,29,30,31)/t15-,19+,20+,21-,24-/m1/s1. The molecule has 0 aliphatic carbocycles. The molecule has 2 N–H and O–H groups in total. The Morgan fingerprint density at radius 1 is 0.875 bits per heavy atom. The third kappa shape index (κ3) is 6.09. The number of carbonyl (C=O) groups is 2. The highest BCUT2D eigenvalue weighted by Crippen LogP contribution is 2.31. The number of esters is 2. The molecule has 14 heteroatoms. The smallest absolute Gasteiger partial charge is 0.338 e. The van der Waals surface area contributed by atoms with Crippen LogP contribution in [0.3, 0.4) is 0 Å². The summed E-state index contributed by atoms with van der Waals surface area (Å²) in [5.74, 6) is -1.31. The monoisotopic (exact) mass is 567 g/mol. The zero-order valence-electron chi connectivity index (χ0n) is 21.3. The van der Waals surface area contributed by atoms with Gasteiger partial charge in [-0.1, -0.05) is 36.4 Å². The van der Waals surface area contributed by atoms with Crippen molar-refractivity contribution in [2.75, 3.05) is 11.6 Å². The van der Waals surface area contributed by atoms with E-state index in [1.165, 1.54) is 24.8 Å². The molecule has 40 heavy (non-hydrogen) atoms. The fourth-order valence-electron chi connectivity index (χ4n) is 4.26. The Labute approximate surface area is 229 Å². The average molecular weight is 568 g/mol. The van der Waals surface area contributed by atoms with Gasteiger partial charge in [-0.05, 0) is 31.2 Å². The van der Waals surface area contributed by atoms with E-state index < -0.39 is 52.7 Å². The molecular weight excluding hydrogens is 542 g/mol. The summed E-state index contributed by atoms with van der Waals surface area (Å²) in [7, 11) is -4.06. The van der Waals surface area contributed by atoms with Crippen LogP contribution in [-0.4, -0.2) is 77.2 Å². The number of aromatic nitrogens is 4. The van der Waals surface area contributed by atoms with Gasteiger partial charge in [-0.25, -0.2) is 24.5 Å². The van der Waals surface area contributed by atoms with Gasteiger partial charge in [-0.2, -0.15) is 8.42 Å². The number of fused-ring (bicyclic) bond motifs is 1. The largest absolute Gasteiger partial charge is 0.452 e. The predicted molar refractivity (Wildman–Crippen MR) is 141 cm³/mol. The summed E-state index contributed by atoms with van der Waals surface area (Å²) in [6, 6.07) is 16.2. The Kier molecular flexibility index (Phi) is 7.73. The molecule has 0 spiro atoms. The highest BCUT2D eigenvalue weighted by Gasteiger charge is 2.51. The van der Waals surface area contributed by atoms with E-state index in [1.807, 2.05) is 0 Å². The zero-order chi connectivity index (χ0) is 28.3. The van der Waals surface area contributed by atoms with Gasteiger partial charge in [0.1, 0.15) is 17.9 Å². The molecular formula is C26H25N5O8S. The summed E-state index contributed by atoms with van der Waals surface area (Å²) in [5.41, 5.74) is 1.22. The molecule has 2 aromatic heterocycles. The molecule has 2 aromatic carbocycles. The summed E-state index contributed by atoms with van der Waals surface area (Å²) >= 11 is 0. The lowest BCUT2D eigenvalue weighted by molar-refractivity contribution is -0.202. The molecule has 1 fully saturated rings. The lowest BCUT2D eigenvalue weighted by Crippen LogP contribution is -2.62. The number of benzene rings is 2. The third-order valence-corrected chi connectivity index (χ3v) is 6.63. The summed E-state index contributed by atoms with van der Waals surface area (Å²) in [6.45, 7) is 1.55. The second-order valence-corrected chi connectivity index (χ2v) is 10.6. The van der Waals surface area contributed by atoms with Gasteiger partial charge in [-0.15, -0.1) is 0 Å². The maximum absolute atomic E-state index is 13.2. The van der Waals surface area contributed by atoms with Crippen molar-refractivity contribution in [3.63, 3.8) is 0 Å². The first-order valence-corrected chi connectivity index (χ1v) is 14.0. The molecule has 4 aromatic rings. The first kappa shape index (κ1) is 27.2. The second-order valence-electron chi connectivity index (χ2n) is 8.97. The molecule has 1 aliphatic heterocycles. The summed E-state index contributed by atoms with van der Waals surface area (Å²) < 4.78 is 47.5. The maximum Gasteiger partial charge on any atom is 0.338 e.